The quantitative estimate of drug-likeness (QED) is 0.687. The molecule has 0 aliphatic heterocycles. The normalized spacial score (nSPS) is 24.2. The van der Waals surface area contributed by atoms with Crippen molar-refractivity contribution < 1.29 is 0 Å². The summed E-state index contributed by atoms with van der Waals surface area (Å²) in [4.78, 5) is 0. The number of benzene rings is 1. The molecule has 0 bridgehead atoms. The molecular formula is C17H26IN. The molecule has 1 aliphatic rings. The molecule has 1 N–H and O–H groups in total. The van der Waals surface area contributed by atoms with Crippen LogP contribution in [0, 0.1) is 20.8 Å². The number of rotatable bonds is 3. The van der Waals surface area contributed by atoms with Gasteiger partial charge in [0.1, 0.15) is 0 Å². The van der Waals surface area contributed by atoms with Crippen molar-refractivity contribution in [1.29, 1.82) is 0 Å². The second-order valence-corrected chi connectivity index (χ2v) is 8.22. The summed E-state index contributed by atoms with van der Waals surface area (Å²) in [6, 6.07) is 8.70. The molecule has 1 aliphatic carbocycles. The molecule has 0 heterocycles. The van der Waals surface area contributed by atoms with Gasteiger partial charge in [0.25, 0.3) is 0 Å². The number of hydrogen-bond acceptors (Lipinski definition) is 1. The van der Waals surface area contributed by atoms with E-state index in [0.29, 0.717) is 5.41 Å². The van der Waals surface area contributed by atoms with Gasteiger partial charge in [-0.1, -0.05) is 20.8 Å². The van der Waals surface area contributed by atoms with Gasteiger partial charge in [0.05, 0.1) is 0 Å². The second-order valence-electron chi connectivity index (χ2n) is 6.97. The highest BCUT2D eigenvalue weighted by molar-refractivity contribution is 14.1. The van der Waals surface area contributed by atoms with Crippen molar-refractivity contribution in [2.24, 2.45) is 17.3 Å². The Morgan fingerprint density at radius 2 is 1.63 bits per heavy atom. The summed E-state index contributed by atoms with van der Waals surface area (Å²) >= 11 is 2.35. The summed E-state index contributed by atoms with van der Waals surface area (Å²) in [5.74, 6) is 1.78. The molecule has 1 aromatic rings. The first-order chi connectivity index (χ1) is 8.95. The standard InChI is InChI=1S/C17H26IN/c1-17(2,3)14-6-4-13(5-7-14)12-19-16-10-8-15(18)9-11-16/h8-11,13-14,19H,4-7,12H2,1-3H3. The van der Waals surface area contributed by atoms with Crippen molar-refractivity contribution in [2.45, 2.75) is 46.5 Å². The van der Waals surface area contributed by atoms with Gasteiger partial charge >= 0.3 is 0 Å². The Hall–Kier alpha value is -0.250. The van der Waals surface area contributed by atoms with Crippen molar-refractivity contribution >= 4 is 28.3 Å². The highest BCUT2D eigenvalue weighted by Crippen LogP contribution is 2.39. The minimum atomic E-state index is 0.495. The lowest BCUT2D eigenvalue weighted by Crippen LogP contribution is -2.28. The molecule has 0 aromatic heterocycles. The van der Waals surface area contributed by atoms with Gasteiger partial charge in [-0.05, 0) is 89.8 Å². The molecule has 0 unspecified atom stereocenters. The van der Waals surface area contributed by atoms with E-state index < -0.39 is 0 Å². The Morgan fingerprint density at radius 3 is 2.16 bits per heavy atom. The van der Waals surface area contributed by atoms with Gasteiger partial charge in [-0.15, -0.1) is 0 Å². The van der Waals surface area contributed by atoms with Gasteiger partial charge in [0, 0.05) is 15.8 Å². The zero-order valence-corrected chi connectivity index (χ0v) is 14.5. The van der Waals surface area contributed by atoms with Crippen LogP contribution in [0.2, 0.25) is 0 Å². The number of hydrogen-bond donors (Lipinski definition) is 1. The third kappa shape index (κ3) is 4.66. The minimum Gasteiger partial charge on any atom is -0.385 e. The Kier molecular flexibility index (Phi) is 5.15. The van der Waals surface area contributed by atoms with Crippen LogP contribution in [-0.4, -0.2) is 6.54 Å². The Bertz CT molecular complexity index is 383. The highest BCUT2D eigenvalue weighted by Gasteiger charge is 2.29. The highest BCUT2D eigenvalue weighted by atomic mass is 127. The molecule has 2 rings (SSSR count). The van der Waals surface area contributed by atoms with Crippen LogP contribution in [0.5, 0.6) is 0 Å². The number of nitrogens with one attached hydrogen (secondary N) is 1. The zero-order chi connectivity index (χ0) is 13.9. The van der Waals surface area contributed by atoms with E-state index in [4.69, 9.17) is 0 Å². The molecule has 1 nitrogen and oxygen atoms in total. The molecule has 1 saturated carbocycles. The lowest BCUT2D eigenvalue weighted by molar-refractivity contribution is 0.153. The summed E-state index contributed by atoms with van der Waals surface area (Å²) in [5, 5.41) is 3.59. The molecule has 106 valence electrons. The summed E-state index contributed by atoms with van der Waals surface area (Å²) in [6.45, 7) is 8.31. The van der Waals surface area contributed by atoms with E-state index in [2.05, 4.69) is 72.9 Å². The fraction of sp³-hybridized carbons (Fsp3) is 0.647. The van der Waals surface area contributed by atoms with Gasteiger partial charge in [0.2, 0.25) is 0 Å². The van der Waals surface area contributed by atoms with Gasteiger partial charge in [-0.2, -0.15) is 0 Å². The molecule has 2 heteroatoms. The maximum atomic E-state index is 3.59. The van der Waals surface area contributed by atoms with Crippen LogP contribution in [0.4, 0.5) is 5.69 Å². The van der Waals surface area contributed by atoms with Crippen LogP contribution in [0.25, 0.3) is 0 Å². The first-order valence-corrected chi connectivity index (χ1v) is 8.52. The van der Waals surface area contributed by atoms with Crippen molar-refractivity contribution in [1.82, 2.24) is 0 Å². The lowest BCUT2D eigenvalue weighted by atomic mass is 9.70. The van der Waals surface area contributed by atoms with E-state index in [-0.39, 0.29) is 0 Å². The van der Waals surface area contributed by atoms with Crippen molar-refractivity contribution in [2.75, 3.05) is 11.9 Å². The Labute approximate surface area is 131 Å². The fourth-order valence-electron chi connectivity index (χ4n) is 3.06. The molecular weight excluding hydrogens is 345 g/mol. The van der Waals surface area contributed by atoms with Gasteiger partial charge in [-0.25, -0.2) is 0 Å². The SMILES string of the molecule is CC(C)(C)C1CCC(CNc2ccc(I)cc2)CC1. The average molecular weight is 371 g/mol. The first-order valence-electron chi connectivity index (χ1n) is 7.44. The molecule has 19 heavy (non-hydrogen) atoms. The molecule has 0 amide bonds. The molecule has 1 fully saturated rings. The van der Waals surface area contributed by atoms with Crippen LogP contribution < -0.4 is 5.32 Å². The lowest BCUT2D eigenvalue weighted by Gasteiger charge is -2.37. The van der Waals surface area contributed by atoms with Crippen LogP contribution in [0.3, 0.4) is 0 Å². The zero-order valence-electron chi connectivity index (χ0n) is 12.4. The maximum Gasteiger partial charge on any atom is 0.0340 e. The summed E-state index contributed by atoms with van der Waals surface area (Å²) in [7, 11) is 0. The largest absolute Gasteiger partial charge is 0.385 e. The van der Waals surface area contributed by atoms with Crippen LogP contribution >= 0.6 is 22.6 Å². The topological polar surface area (TPSA) is 12.0 Å². The predicted octanol–water partition coefficient (Wildman–Crippen LogP) is 5.56. The van der Waals surface area contributed by atoms with E-state index in [1.54, 1.807) is 0 Å². The second kappa shape index (κ2) is 6.47. The molecule has 0 atom stereocenters. The Morgan fingerprint density at radius 1 is 1.05 bits per heavy atom. The number of halogens is 1. The maximum absolute atomic E-state index is 3.59. The molecule has 0 saturated heterocycles. The van der Waals surface area contributed by atoms with Gasteiger partial charge in [0.15, 0.2) is 0 Å². The molecule has 0 radical (unpaired) electrons. The summed E-state index contributed by atoms with van der Waals surface area (Å²) in [5.41, 5.74) is 1.76. The molecule has 0 spiro atoms. The third-order valence-corrected chi connectivity index (χ3v) is 5.23. The van der Waals surface area contributed by atoms with Crippen LogP contribution in [0.1, 0.15) is 46.5 Å². The van der Waals surface area contributed by atoms with E-state index in [9.17, 15) is 0 Å². The van der Waals surface area contributed by atoms with Gasteiger partial charge in [-0.3, -0.25) is 0 Å². The van der Waals surface area contributed by atoms with Crippen molar-refractivity contribution in [3.63, 3.8) is 0 Å². The van der Waals surface area contributed by atoms with Gasteiger partial charge < -0.3 is 5.32 Å². The average Bonchev–Trinajstić information content (AvgIpc) is 2.37. The van der Waals surface area contributed by atoms with Crippen molar-refractivity contribution in [3.05, 3.63) is 27.8 Å². The van der Waals surface area contributed by atoms with E-state index in [0.717, 1.165) is 18.4 Å². The Balaban J connectivity index is 1.75. The number of anilines is 1. The van der Waals surface area contributed by atoms with E-state index >= 15 is 0 Å². The predicted molar refractivity (Wildman–Crippen MR) is 92.6 cm³/mol. The van der Waals surface area contributed by atoms with Crippen LogP contribution in [-0.2, 0) is 0 Å². The van der Waals surface area contributed by atoms with E-state index in [1.807, 2.05) is 0 Å². The summed E-state index contributed by atoms with van der Waals surface area (Å²) in [6.07, 6.45) is 5.59. The van der Waals surface area contributed by atoms with E-state index in [1.165, 1.54) is 34.9 Å². The minimum absolute atomic E-state index is 0.495. The smallest absolute Gasteiger partial charge is 0.0340 e. The molecule has 1 aromatic carbocycles. The van der Waals surface area contributed by atoms with Crippen molar-refractivity contribution in [3.8, 4) is 0 Å². The third-order valence-electron chi connectivity index (χ3n) is 4.51. The van der Waals surface area contributed by atoms with Crippen LogP contribution in [0.15, 0.2) is 24.3 Å². The first kappa shape index (κ1) is 15.1. The summed E-state index contributed by atoms with van der Waals surface area (Å²) < 4.78 is 1.30. The fourth-order valence-corrected chi connectivity index (χ4v) is 3.42. The monoisotopic (exact) mass is 371 g/mol.